The van der Waals surface area contributed by atoms with Crippen LogP contribution in [0.4, 0.5) is 5.69 Å². The fraction of sp³-hybridized carbons (Fsp3) is 0.111. The summed E-state index contributed by atoms with van der Waals surface area (Å²) in [6.07, 6.45) is 3.25. The van der Waals surface area contributed by atoms with Gasteiger partial charge in [0.2, 0.25) is 0 Å². The van der Waals surface area contributed by atoms with Crippen molar-refractivity contribution in [2.45, 2.75) is 0 Å². The van der Waals surface area contributed by atoms with E-state index in [4.69, 9.17) is 0 Å². The quantitative estimate of drug-likeness (QED) is 0.730. The Labute approximate surface area is 84.6 Å². The predicted octanol–water partition coefficient (Wildman–Crippen LogP) is 2.12. The molecule has 0 aliphatic heterocycles. The maximum absolute atomic E-state index is 11.5. The number of nitrogens with zero attached hydrogens (tertiary/aromatic N) is 2. The number of aliphatic imine (C=N–C) groups is 1. The lowest BCUT2D eigenvalue weighted by atomic mass is 10.2. The van der Waals surface area contributed by atoms with Gasteiger partial charge in [-0.1, -0.05) is 12.7 Å². The Bertz CT molecular complexity index is 420. The van der Waals surface area contributed by atoms with Gasteiger partial charge in [-0.15, -0.1) is 0 Å². The Morgan fingerprint density at radius 2 is 2.31 bits per heavy atom. The molecule has 0 fully saturated rings. The van der Waals surface area contributed by atoms with Crippen LogP contribution in [-0.4, -0.2) is 11.3 Å². The van der Waals surface area contributed by atoms with Crippen LogP contribution in [0.5, 0.6) is 0 Å². The van der Waals surface area contributed by atoms with Crippen molar-refractivity contribution in [3.63, 3.8) is 0 Å². The maximum Gasteiger partial charge on any atom is 0.276 e. The van der Waals surface area contributed by atoms with Crippen LogP contribution >= 0.6 is 15.9 Å². The summed E-state index contributed by atoms with van der Waals surface area (Å²) in [4.78, 5) is 15.2. The van der Waals surface area contributed by atoms with Crippen LogP contribution in [0.2, 0.25) is 0 Å². The number of pyridine rings is 1. The van der Waals surface area contributed by atoms with Gasteiger partial charge in [0.25, 0.3) is 5.56 Å². The van der Waals surface area contributed by atoms with E-state index in [1.165, 1.54) is 4.57 Å². The van der Waals surface area contributed by atoms with Gasteiger partial charge in [-0.25, -0.2) is 0 Å². The standard InChI is InChI=1S/C9H9BrN2O/c1-4-6-7(10)5-12(3)9(13)8(6)11-2/h4-5H,1-2H2,3H3. The highest BCUT2D eigenvalue weighted by atomic mass is 79.9. The number of hydrogen-bond donors (Lipinski definition) is 0. The Kier molecular flexibility index (Phi) is 2.83. The summed E-state index contributed by atoms with van der Waals surface area (Å²) < 4.78 is 2.23. The molecule has 4 heteroatoms. The fourth-order valence-corrected chi connectivity index (χ4v) is 1.70. The summed E-state index contributed by atoms with van der Waals surface area (Å²) in [5, 5.41) is 0. The highest BCUT2D eigenvalue weighted by molar-refractivity contribution is 9.10. The van der Waals surface area contributed by atoms with Gasteiger partial charge < -0.3 is 4.57 Å². The molecule has 1 aromatic heterocycles. The predicted molar refractivity (Wildman–Crippen MR) is 58.7 cm³/mol. The van der Waals surface area contributed by atoms with Crippen LogP contribution in [0.1, 0.15) is 5.56 Å². The van der Waals surface area contributed by atoms with Crippen LogP contribution in [0.15, 0.2) is 27.0 Å². The molecule has 0 bridgehead atoms. The van der Waals surface area contributed by atoms with Crippen molar-refractivity contribution in [2.24, 2.45) is 12.0 Å². The molecule has 0 atom stereocenters. The van der Waals surface area contributed by atoms with Gasteiger partial charge in [-0.2, -0.15) is 0 Å². The van der Waals surface area contributed by atoms with Crippen LogP contribution < -0.4 is 5.56 Å². The number of hydrogen-bond acceptors (Lipinski definition) is 2. The molecule has 0 unspecified atom stereocenters. The second kappa shape index (κ2) is 3.70. The Balaban J connectivity index is 3.70. The highest BCUT2D eigenvalue weighted by Crippen LogP contribution is 2.23. The third-order valence-corrected chi connectivity index (χ3v) is 2.34. The molecular weight excluding hydrogens is 232 g/mol. The molecule has 0 aromatic carbocycles. The van der Waals surface area contributed by atoms with Crippen molar-refractivity contribution >= 4 is 34.4 Å². The Hall–Kier alpha value is -1.16. The second-order valence-corrected chi connectivity index (χ2v) is 3.37. The molecule has 13 heavy (non-hydrogen) atoms. The normalized spacial score (nSPS) is 9.69. The number of aryl methyl sites for hydroxylation is 1. The Morgan fingerprint density at radius 3 is 2.77 bits per heavy atom. The molecule has 3 nitrogen and oxygen atoms in total. The van der Waals surface area contributed by atoms with Gasteiger partial charge in [-0.3, -0.25) is 9.79 Å². The molecule has 0 radical (unpaired) electrons. The molecule has 68 valence electrons. The van der Waals surface area contributed by atoms with Crippen molar-refractivity contribution in [1.29, 1.82) is 0 Å². The molecule has 0 saturated heterocycles. The van der Waals surface area contributed by atoms with E-state index >= 15 is 0 Å². The summed E-state index contributed by atoms with van der Waals surface area (Å²) >= 11 is 3.31. The van der Waals surface area contributed by atoms with Gasteiger partial charge in [0.05, 0.1) is 0 Å². The molecular formula is C9H9BrN2O. The van der Waals surface area contributed by atoms with Crippen LogP contribution in [-0.2, 0) is 7.05 Å². The van der Waals surface area contributed by atoms with Crippen molar-refractivity contribution in [3.05, 3.63) is 33.2 Å². The zero-order chi connectivity index (χ0) is 10.0. The maximum atomic E-state index is 11.5. The smallest absolute Gasteiger partial charge is 0.276 e. The van der Waals surface area contributed by atoms with E-state index in [-0.39, 0.29) is 5.56 Å². The van der Waals surface area contributed by atoms with E-state index in [0.29, 0.717) is 11.3 Å². The van der Waals surface area contributed by atoms with Crippen LogP contribution in [0, 0.1) is 0 Å². The first-order valence-corrected chi connectivity index (χ1v) is 4.39. The fourth-order valence-electron chi connectivity index (χ4n) is 1.04. The molecule has 0 saturated carbocycles. The van der Waals surface area contributed by atoms with Crippen LogP contribution in [0.25, 0.3) is 6.08 Å². The molecule has 0 aliphatic carbocycles. The molecule has 1 rings (SSSR count). The van der Waals surface area contributed by atoms with Gasteiger partial charge in [-0.05, 0) is 22.6 Å². The minimum Gasteiger partial charge on any atom is -0.316 e. The third-order valence-electron chi connectivity index (χ3n) is 1.70. The van der Waals surface area contributed by atoms with Crippen LogP contribution in [0.3, 0.4) is 0 Å². The average Bonchev–Trinajstić information content (AvgIpc) is 2.10. The number of rotatable bonds is 2. The zero-order valence-corrected chi connectivity index (χ0v) is 8.84. The van der Waals surface area contributed by atoms with E-state index in [1.807, 2.05) is 0 Å². The summed E-state index contributed by atoms with van der Waals surface area (Å²) in [5.74, 6) is 0. The van der Waals surface area contributed by atoms with Crippen molar-refractivity contribution in [3.8, 4) is 0 Å². The summed E-state index contributed by atoms with van der Waals surface area (Å²) in [6, 6.07) is 0. The lowest BCUT2D eigenvalue weighted by molar-refractivity contribution is 0.855. The van der Waals surface area contributed by atoms with Gasteiger partial charge in [0, 0.05) is 23.3 Å². The average molecular weight is 241 g/mol. The summed E-state index contributed by atoms with van der Waals surface area (Å²) in [7, 11) is 1.66. The van der Waals surface area contributed by atoms with Crippen molar-refractivity contribution in [2.75, 3.05) is 0 Å². The minimum atomic E-state index is -0.173. The highest BCUT2D eigenvalue weighted by Gasteiger charge is 2.08. The second-order valence-electron chi connectivity index (χ2n) is 2.52. The first kappa shape index (κ1) is 9.92. The van der Waals surface area contributed by atoms with E-state index in [2.05, 4.69) is 34.2 Å². The zero-order valence-electron chi connectivity index (χ0n) is 7.25. The number of halogens is 1. The van der Waals surface area contributed by atoms with Crippen molar-refractivity contribution < 1.29 is 0 Å². The van der Waals surface area contributed by atoms with Crippen molar-refractivity contribution in [1.82, 2.24) is 4.57 Å². The molecule has 1 aromatic rings. The van der Waals surface area contributed by atoms with Gasteiger partial charge in [0.15, 0.2) is 0 Å². The van der Waals surface area contributed by atoms with Gasteiger partial charge in [0.1, 0.15) is 5.69 Å². The third kappa shape index (κ3) is 1.62. The SMILES string of the molecule is C=Cc1c(Br)cn(C)c(=O)c1N=C. The first-order valence-electron chi connectivity index (χ1n) is 3.60. The van der Waals surface area contributed by atoms with E-state index in [1.54, 1.807) is 19.3 Å². The largest absolute Gasteiger partial charge is 0.316 e. The first-order chi connectivity index (χ1) is 6.11. The Morgan fingerprint density at radius 1 is 1.69 bits per heavy atom. The summed E-state index contributed by atoms with van der Waals surface area (Å²) in [6.45, 7) is 6.96. The van der Waals surface area contributed by atoms with Gasteiger partial charge >= 0.3 is 0 Å². The molecule has 1 heterocycles. The molecule has 0 spiro atoms. The molecule has 0 N–H and O–H groups in total. The minimum absolute atomic E-state index is 0.173. The summed E-state index contributed by atoms with van der Waals surface area (Å²) in [5.41, 5.74) is 0.832. The monoisotopic (exact) mass is 240 g/mol. The van der Waals surface area contributed by atoms with E-state index in [9.17, 15) is 4.79 Å². The molecule has 0 aliphatic rings. The lowest BCUT2D eigenvalue weighted by Gasteiger charge is -2.05. The van der Waals surface area contributed by atoms with E-state index < -0.39 is 0 Å². The number of aromatic nitrogens is 1. The topological polar surface area (TPSA) is 34.4 Å². The lowest BCUT2D eigenvalue weighted by Crippen LogP contribution is -2.16. The molecule has 0 amide bonds. The van der Waals surface area contributed by atoms with E-state index in [0.717, 1.165) is 4.47 Å².